The van der Waals surface area contributed by atoms with Gasteiger partial charge in [0.15, 0.2) is 11.2 Å². The van der Waals surface area contributed by atoms with Crippen LogP contribution in [-0.4, -0.2) is 5.78 Å². The van der Waals surface area contributed by atoms with Gasteiger partial charge in [-0.1, -0.05) is 12.1 Å². The quantitative estimate of drug-likeness (QED) is 0.601. The molecule has 0 radical (unpaired) electrons. The largest absolute Gasteiger partial charge is 0.290 e. The molecule has 0 heterocycles. The van der Waals surface area contributed by atoms with E-state index in [0.717, 1.165) is 12.1 Å². The zero-order valence-corrected chi connectivity index (χ0v) is 6.58. The minimum atomic E-state index is -0.631. The Bertz CT molecular complexity index is 475. The third-order valence-corrected chi connectivity index (χ3v) is 1.88. The summed E-state index contributed by atoms with van der Waals surface area (Å²) in [6, 6.07) is 5.32. The predicted octanol–water partition coefficient (Wildman–Crippen LogP) is 1.55. The highest BCUT2D eigenvalue weighted by molar-refractivity contribution is 6.15. The van der Waals surface area contributed by atoms with Crippen molar-refractivity contribution < 1.29 is 9.18 Å². The van der Waals surface area contributed by atoms with Crippen LogP contribution in [0.15, 0.2) is 35.1 Å². The fourth-order valence-electron chi connectivity index (χ4n) is 1.28. The third kappa shape index (κ3) is 1.18. The van der Waals surface area contributed by atoms with Crippen molar-refractivity contribution in [3.8, 4) is 0 Å². The highest BCUT2D eigenvalue weighted by atomic mass is 19.1. The van der Waals surface area contributed by atoms with E-state index in [1.807, 2.05) is 0 Å². The second kappa shape index (κ2) is 2.62. The summed E-state index contributed by atoms with van der Waals surface area (Å²) in [5, 5.41) is 0. The molecule has 0 amide bonds. The summed E-state index contributed by atoms with van der Waals surface area (Å²) in [5.74, 6) is -1.02. The van der Waals surface area contributed by atoms with Crippen LogP contribution >= 0.6 is 0 Å². The van der Waals surface area contributed by atoms with Gasteiger partial charge in [-0.3, -0.25) is 9.59 Å². The molecule has 2 rings (SSSR count). The van der Waals surface area contributed by atoms with Gasteiger partial charge < -0.3 is 0 Å². The Morgan fingerprint density at radius 2 is 1.85 bits per heavy atom. The number of ketones is 1. The maximum Gasteiger partial charge on any atom is 0.189 e. The molecule has 1 aromatic rings. The standard InChI is InChI=1S/C10H5FO2/c11-9-5-10(13)7-3-1-2-6(12)4-8(7)9/h1-5H. The second-order valence-corrected chi connectivity index (χ2v) is 2.76. The van der Waals surface area contributed by atoms with Crippen molar-refractivity contribution in [1.29, 1.82) is 0 Å². The number of allylic oxidation sites excluding steroid dienone is 1. The molecule has 1 aliphatic carbocycles. The van der Waals surface area contributed by atoms with Crippen molar-refractivity contribution >= 4 is 11.6 Å². The first-order valence-corrected chi connectivity index (χ1v) is 3.75. The van der Waals surface area contributed by atoms with Gasteiger partial charge in [-0.15, -0.1) is 0 Å². The lowest BCUT2D eigenvalue weighted by Crippen LogP contribution is -1.92. The molecule has 3 heteroatoms. The van der Waals surface area contributed by atoms with E-state index in [0.29, 0.717) is 0 Å². The molecule has 1 aliphatic rings. The van der Waals surface area contributed by atoms with Crippen LogP contribution in [0, 0.1) is 0 Å². The average molecular weight is 176 g/mol. The molecule has 0 unspecified atom stereocenters. The predicted molar refractivity (Wildman–Crippen MR) is 46.1 cm³/mol. The third-order valence-electron chi connectivity index (χ3n) is 1.88. The fourth-order valence-corrected chi connectivity index (χ4v) is 1.28. The minimum absolute atomic E-state index is 0.0972. The SMILES string of the molecule is O=C1C=C(F)c2cc(=O)cccc21. The van der Waals surface area contributed by atoms with E-state index in [-0.39, 0.29) is 22.3 Å². The lowest BCUT2D eigenvalue weighted by atomic mass is 10.2. The van der Waals surface area contributed by atoms with Crippen molar-refractivity contribution in [2.45, 2.75) is 0 Å². The Hall–Kier alpha value is -1.77. The molecule has 64 valence electrons. The first-order valence-electron chi connectivity index (χ1n) is 3.75. The average Bonchev–Trinajstić information content (AvgIpc) is 2.28. The first-order chi connectivity index (χ1) is 6.18. The number of carbonyl (C=O) groups excluding carboxylic acids is 1. The molecule has 0 fully saturated rings. The monoisotopic (exact) mass is 176 g/mol. The van der Waals surface area contributed by atoms with E-state index in [9.17, 15) is 14.0 Å². The molecule has 2 nitrogen and oxygen atoms in total. The van der Waals surface area contributed by atoms with Gasteiger partial charge in [0.05, 0.1) is 0 Å². The van der Waals surface area contributed by atoms with Gasteiger partial charge in [0.25, 0.3) is 0 Å². The Morgan fingerprint density at radius 3 is 2.62 bits per heavy atom. The molecule has 0 atom stereocenters. The molecule has 0 N–H and O–H groups in total. The Balaban J connectivity index is 2.83. The Morgan fingerprint density at radius 1 is 1.08 bits per heavy atom. The van der Waals surface area contributed by atoms with Gasteiger partial charge in [-0.05, 0) is 12.1 Å². The van der Waals surface area contributed by atoms with Gasteiger partial charge in [-0.25, -0.2) is 4.39 Å². The molecule has 0 spiro atoms. The lowest BCUT2D eigenvalue weighted by molar-refractivity contribution is 0.105. The molecular formula is C10H5FO2. The topological polar surface area (TPSA) is 34.1 Å². The van der Waals surface area contributed by atoms with Crippen LogP contribution in [0.25, 0.3) is 5.83 Å². The number of fused-ring (bicyclic) bond motifs is 1. The van der Waals surface area contributed by atoms with E-state index in [1.165, 1.54) is 18.2 Å². The molecule has 0 saturated heterocycles. The van der Waals surface area contributed by atoms with Crippen molar-refractivity contribution in [3.63, 3.8) is 0 Å². The van der Waals surface area contributed by atoms with E-state index >= 15 is 0 Å². The molecule has 13 heavy (non-hydrogen) atoms. The van der Waals surface area contributed by atoms with Crippen molar-refractivity contribution in [3.05, 3.63) is 51.7 Å². The van der Waals surface area contributed by atoms with Gasteiger partial charge in [0, 0.05) is 17.2 Å². The van der Waals surface area contributed by atoms with Crippen LogP contribution in [0.5, 0.6) is 0 Å². The summed E-state index contributed by atoms with van der Waals surface area (Å²) >= 11 is 0. The zero-order chi connectivity index (χ0) is 9.42. The van der Waals surface area contributed by atoms with E-state index in [1.54, 1.807) is 0 Å². The number of rotatable bonds is 0. The van der Waals surface area contributed by atoms with Crippen LogP contribution < -0.4 is 5.43 Å². The van der Waals surface area contributed by atoms with Crippen molar-refractivity contribution in [2.24, 2.45) is 0 Å². The number of hydrogen-bond acceptors (Lipinski definition) is 2. The number of halogens is 1. The molecule has 0 aromatic heterocycles. The number of carbonyl (C=O) groups is 1. The van der Waals surface area contributed by atoms with Crippen LogP contribution in [0.2, 0.25) is 0 Å². The fraction of sp³-hybridized carbons (Fsp3) is 0. The molecule has 0 saturated carbocycles. The summed E-state index contributed by atoms with van der Waals surface area (Å²) < 4.78 is 13.0. The van der Waals surface area contributed by atoms with Crippen LogP contribution in [-0.2, 0) is 0 Å². The lowest BCUT2D eigenvalue weighted by Gasteiger charge is -1.88. The Labute approximate surface area is 73.3 Å². The first kappa shape index (κ1) is 7.86. The highest BCUT2D eigenvalue weighted by Gasteiger charge is 2.19. The van der Waals surface area contributed by atoms with E-state index in [4.69, 9.17) is 0 Å². The number of hydrogen-bond donors (Lipinski definition) is 0. The summed E-state index contributed by atoms with van der Waals surface area (Å²) in [6.45, 7) is 0. The summed E-state index contributed by atoms with van der Waals surface area (Å²) in [6.07, 6.45) is 0.893. The van der Waals surface area contributed by atoms with Gasteiger partial charge in [0.2, 0.25) is 0 Å². The summed E-state index contributed by atoms with van der Waals surface area (Å²) in [5.41, 5.74) is 0.0408. The van der Waals surface area contributed by atoms with Crippen LogP contribution in [0.4, 0.5) is 4.39 Å². The molecule has 1 aromatic carbocycles. The van der Waals surface area contributed by atoms with Gasteiger partial charge >= 0.3 is 0 Å². The smallest absolute Gasteiger partial charge is 0.189 e. The van der Waals surface area contributed by atoms with Crippen LogP contribution in [0.1, 0.15) is 15.9 Å². The summed E-state index contributed by atoms with van der Waals surface area (Å²) in [7, 11) is 0. The van der Waals surface area contributed by atoms with Crippen molar-refractivity contribution in [1.82, 2.24) is 0 Å². The van der Waals surface area contributed by atoms with E-state index in [2.05, 4.69) is 0 Å². The maximum atomic E-state index is 13.0. The highest BCUT2D eigenvalue weighted by Crippen LogP contribution is 2.25. The normalized spacial score (nSPS) is 13.9. The second-order valence-electron chi connectivity index (χ2n) is 2.76. The van der Waals surface area contributed by atoms with E-state index < -0.39 is 5.83 Å². The van der Waals surface area contributed by atoms with Gasteiger partial charge in [0.1, 0.15) is 5.83 Å². The van der Waals surface area contributed by atoms with Crippen molar-refractivity contribution in [2.75, 3.05) is 0 Å². The molecule has 0 bridgehead atoms. The molecular weight excluding hydrogens is 171 g/mol. The van der Waals surface area contributed by atoms with Gasteiger partial charge in [-0.2, -0.15) is 0 Å². The Kier molecular flexibility index (Phi) is 1.59. The summed E-state index contributed by atoms with van der Waals surface area (Å²) in [4.78, 5) is 22.1. The minimum Gasteiger partial charge on any atom is -0.290 e. The zero-order valence-electron chi connectivity index (χ0n) is 6.58. The maximum absolute atomic E-state index is 13.0. The molecule has 0 aliphatic heterocycles. The van der Waals surface area contributed by atoms with Crippen LogP contribution in [0.3, 0.4) is 0 Å².